The van der Waals surface area contributed by atoms with Gasteiger partial charge in [0.05, 0.1) is 47.0 Å². The standard InChI is InChI=1S/C22H24N6O3/c1-5-27-10-22(11-27)12-31-20-17(13-7-24-25(2)9-13)16(30-4)6-14-18(20)19-15(8-23-14)26(3)21(29)28(19)22/h6-9H,5,10-12H2,1-4H3. The summed E-state index contributed by atoms with van der Waals surface area (Å²) in [5.41, 5.74) is 3.74. The molecule has 0 atom stereocenters. The lowest BCUT2D eigenvalue weighted by atomic mass is 9.90. The second kappa shape index (κ2) is 6.10. The van der Waals surface area contributed by atoms with Crippen molar-refractivity contribution in [3.63, 3.8) is 0 Å². The van der Waals surface area contributed by atoms with Gasteiger partial charge in [-0.05, 0) is 6.54 Å². The molecule has 6 rings (SSSR count). The van der Waals surface area contributed by atoms with Crippen molar-refractivity contribution < 1.29 is 9.47 Å². The molecule has 0 saturated carbocycles. The Kier molecular flexibility index (Phi) is 3.63. The third-order valence-corrected chi connectivity index (χ3v) is 6.75. The first-order valence-electron chi connectivity index (χ1n) is 10.4. The first-order chi connectivity index (χ1) is 15.0. The van der Waals surface area contributed by atoms with Gasteiger partial charge in [0, 0.05) is 45.0 Å². The van der Waals surface area contributed by atoms with E-state index >= 15 is 0 Å². The number of hydrogen-bond donors (Lipinski definition) is 0. The van der Waals surface area contributed by atoms with Crippen LogP contribution in [0.5, 0.6) is 11.5 Å². The summed E-state index contributed by atoms with van der Waals surface area (Å²) in [5.74, 6) is 1.37. The van der Waals surface area contributed by atoms with Gasteiger partial charge in [-0.1, -0.05) is 6.92 Å². The molecular weight excluding hydrogens is 396 g/mol. The smallest absolute Gasteiger partial charge is 0.329 e. The molecule has 160 valence electrons. The molecule has 1 spiro atoms. The fraction of sp³-hybridized carbons (Fsp3) is 0.409. The highest BCUT2D eigenvalue weighted by molar-refractivity contribution is 6.10. The molecule has 2 aliphatic rings. The number of imidazole rings is 1. The minimum atomic E-state index is -0.403. The van der Waals surface area contributed by atoms with Crippen molar-refractivity contribution in [2.45, 2.75) is 12.5 Å². The number of aryl methyl sites for hydroxylation is 2. The average Bonchev–Trinajstić information content (AvgIpc) is 3.22. The van der Waals surface area contributed by atoms with Crippen LogP contribution in [0, 0.1) is 0 Å². The highest BCUT2D eigenvalue weighted by Gasteiger charge is 2.49. The summed E-state index contributed by atoms with van der Waals surface area (Å²) in [7, 11) is 5.34. The molecule has 5 heterocycles. The van der Waals surface area contributed by atoms with E-state index in [1.54, 1.807) is 28.8 Å². The highest BCUT2D eigenvalue weighted by atomic mass is 16.5. The van der Waals surface area contributed by atoms with Gasteiger partial charge in [0.1, 0.15) is 23.6 Å². The van der Waals surface area contributed by atoms with Crippen LogP contribution in [0.15, 0.2) is 29.5 Å². The van der Waals surface area contributed by atoms with E-state index in [0.717, 1.165) is 52.7 Å². The van der Waals surface area contributed by atoms with Crippen LogP contribution in [-0.2, 0) is 19.6 Å². The second-order valence-corrected chi connectivity index (χ2v) is 8.57. The fourth-order valence-corrected chi connectivity index (χ4v) is 5.18. The maximum atomic E-state index is 13.4. The van der Waals surface area contributed by atoms with Gasteiger partial charge in [0.15, 0.2) is 0 Å². The zero-order valence-corrected chi connectivity index (χ0v) is 18.0. The van der Waals surface area contributed by atoms with E-state index in [1.165, 1.54) is 0 Å². The predicted octanol–water partition coefficient (Wildman–Crippen LogP) is 1.72. The number of hydrogen-bond acceptors (Lipinski definition) is 6. The van der Waals surface area contributed by atoms with Gasteiger partial charge in [-0.2, -0.15) is 5.10 Å². The molecule has 0 N–H and O–H groups in total. The molecule has 0 aliphatic carbocycles. The Labute approximate surface area is 178 Å². The molecule has 0 radical (unpaired) electrons. The van der Waals surface area contributed by atoms with E-state index in [1.807, 2.05) is 30.9 Å². The number of aromatic nitrogens is 5. The Morgan fingerprint density at radius 3 is 2.74 bits per heavy atom. The molecule has 2 aliphatic heterocycles. The van der Waals surface area contributed by atoms with Gasteiger partial charge in [-0.3, -0.25) is 23.7 Å². The molecular formula is C22H24N6O3. The number of likely N-dealkylation sites (N-methyl/N-ethyl adjacent to an activating group) is 1. The summed E-state index contributed by atoms with van der Waals surface area (Å²) in [6.45, 7) is 5.05. The minimum Gasteiger partial charge on any atom is -0.496 e. The summed E-state index contributed by atoms with van der Waals surface area (Å²) in [4.78, 5) is 20.4. The summed E-state index contributed by atoms with van der Waals surface area (Å²) < 4.78 is 17.7. The predicted molar refractivity (Wildman–Crippen MR) is 117 cm³/mol. The minimum absolute atomic E-state index is 0.0322. The second-order valence-electron chi connectivity index (χ2n) is 8.57. The first-order valence-corrected chi connectivity index (χ1v) is 10.4. The molecule has 9 heteroatoms. The van der Waals surface area contributed by atoms with Gasteiger partial charge < -0.3 is 9.47 Å². The number of pyridine rings is 1. The Bertz CT molecular complexity index is 1420. The van der Waals surface area contributed by atoms with Gasteiger partial charge in [0.2, 0.25) is 0 Å². The largest absolute Gasteiger partial charge is 0.496 e. The number of nitrogens with zero attached hydrogens (tertiary/aromatic N) is 6. The molecule has 3 aromatic heterocycles. The van der Waals surface area contributed by atoms with Crippen molar-refractivity contribution >= 4 is 21.9 Å². The van der Waals surface area contributed by atoms with Crippen molar-refractivity contribution in [2.75, 3.05) is 33.4 Å². The van der Waals surface area contributed by atoms with E-state index in [0.29, 0.717) is 18.1 Å². The third-order valence-electron chi connectivity index (χ3n) is 6.75. The van der Waals surface area contributed by atoms with E-state index in [-0.39, 0.29) is 5.69 Å². The molecule has 0 unspecified atom stereocenters. The maximum Gasteiger partial charge on any atom is 0.329 e. The summed E-state index contributed by atoms with van der Waals surface area (Å²) in [6.07, 6.45) is 5.52. The van der Waals surface area contributed by atoms with E-state index in [4.69, 9.17) is 9.47 Å². The van der Waals surface area contributed by atoms with Crippen LogP contribution in [0.25, 0.3) is 33.1 Å². The highest BCUT2D eigenvalue weighted by Crippen LogP contribution is 2.48. The topological polar surface area (TPSA) is 79.3 Å². The lowest BCUT2D eigenvalue weighted by molar-refractivity contribution is -0.0167. The zero-order chi connectivity index (χ0) is 21.5. The van der Waals surface area contributed by atoms with Crippen molar-refractivity contribution in [3.8, 4) is 22.6 Å². The van der Waals surface area contributed by atoms with Crippen LogP contribution in [0.2, 0.25) is 0 Å². The van der Waals surface area contributed by atoms with Crippen LogP contribution < -0.4 is 15.2 Å². The summed E-state index contributed by atoms with van der Waals surface area (Å²) in [5, 5.41) is 5.19. The number of benzene rings is 1. The van der Waals surface area contributed by atoms with Crippen molar-refractivity contribution in [2.24, 2.45) is 14.1 Å². The van der Waals surface area contributed by atoms with Crippen molar-refractivity contribution in [1.29, 1.82) is 0 Å². The summed E-state index contributed by atoms with van der Waals surface area (Å²) >= 11 is 0. The Balaban J connectivity index is 1.76. The van der Waals surface area contributed by atoms with E-state index in [2.05, 4.69) is 21.9 Å². The number of ether oxygens (including phenoxy) is 2. The first kappa shape index (κ1) is 18.4. The molecule has 1 aromatic carbocycles. The lowest BCUT2D eigenvalue weighted by Crippen LogP contribution is -2.67. The van der Waals surface area contributed by atoms with Crippen molar-refractivity contribution in [3.05, 3.63) is 35.1 Å². The molecule has 0 amide bonds. The molecule has 9 nitrogen and oxygen atoms in total. The third kappa shape index (κ3) is 2.26. The SMILES string of the molecule is CCN1CC2(COc3c(-c4cnn(C)c4)c(OC)cc4ncc5c(c34)n2c(=O)n5C)C1. The van der Waals surface area contributed by atoms with Crippen LogP contribution in [0.1, 0.15) is 6.92 Å². The Morgan fingerprint density at radius 1 is 1.26 bits per heavy atom. The molecule has 0 bridgehead atoms. The number of rotatable bonds is 3. The number of fused-ring (bicyclic) bond motifs is 1. The van der Waals surface area contributed by atoms with Crippen molar-refractivity contribution in [1.82, 2.24) is 28.8 Å². The van der Waals surface area contributed by atoms with Gasteiger partial charge in [-0.25, -0.2) is 4.79 Å². The van der Waals surface area contributed by atoms with Gasteiger partial charge in [0.25, 0.3) is 0 Å². The normalized spacial score (nSPS) is 17.3. The van der Waals surface area contributed by atoms with Crippen LogP contribution in [0.4, 0.5) is 0 Å². The van der Waals surface area contributed by atoms with Crippen LogP contribution >= 0.6 is 0 Å². The molecule has 1 saturated heterocycles. The zero-order valence-electron chi connectivity index (χ0n) is 18.0. The number of likely N-dealkylation sites (tertiary alicyclic amines) is 1. The Hall–Kier alpha value is -3.33. The average molecular weight is 420 g/mol. The number of methoxy groups -OCH3 is 1. The van der Waals surface area contributed by atoms with Gasteiger partial charge in [-0.15, -0.1) is 0 Å². The van der Waals surface area contributed by atoms with E-state index < -0.39 is 5.54 Å². The lowest BCUT2D eigenvalue weighted by Gasteiger charge is -2.49. The van der Waals surface area contributed by atoms with Gasteiger partial charge >= 0.3 is 5.69 Å². The quantitative estimate of drug-likeness (QED) is 0.502. The maximum absolute atomic E-state index is 13.4. The fourth-order valence-electron chi connectivity index (χ4n) is 5.18. The monoisotopic (exact) mass is 420 g/mol. The van der Waals surface area contributed by atoms with Crippen LogP contribution in [-0.4, -0.2) is 62.1 Å². The Morgan fingerprint density at radius 2 is 2.06 bits per heavy atom. The van der Waals surface area contributed by atoms with Crippen LogP contribution in [0.3, 0.4) is 0 Å². The van der Waals surface area contributed by atoms with E-state index in [9.17, 15) is 4.79 Å². The molecule has 4 aromatic rings. The molecule has 31 heavy (non-hydrogen) atoms. The summed E-state index contributed by atoms with van der Waals surface area (Å²) in [6, 6.07) is 1.92. The molecule has 1 fully saturated rings.